The van der Waals surface area contributed by atoms with Crippen molar-refractivity contribution in [3.05, 3.63) is 70.8 Å². The second-order valence-corrected chi connectivity index (χ2v) is 6.58. The number of nitriles is 1. The summed E-state index contributed by atoms with van der Waals surface area (Å²) in [6.45, 7) is 2.65. The molecule has 1 heterocycles. The van der Waals surface area contributed by atoms with Crippen LogP contribution in [0, 0.1) is 23.1 Å². The van der Waals surface area contributed by atoms with Gasteiger partial charge in [0.05, 0.1) is 13.2 Å². The van der Waals surface area contributed by atoms with Gasteiger partial charge in [0.2, 0.25) is 0 Å². The van der Waals surface area contributed by atoms with E-state index in [1.807, 2.05) is 0 Å². The van der Waals surface area contributed by atoms with Crippen molar-refractivity contribution in [3.63, 3.8) is 0 Å². The number of nitrogens with zero attached hydrogens (tertiary/aromatic N) is 2. The Morgan fingerprint density at radius 2 is 1.83 bits per heavy atom. The van der Waals surface area contributed by atoms with Crippen LogP contribution in [0.5, 0.6) is 0 Å². The van der Waals surface area contributed by atoms with E-state index >= 15 is 0 Å². The number of amides is 1. The Hall–Kier alpha value is -3.73. The number of ether oxygens (including phenoxy) is 1. The zero-order valence-electron chi connectivity index (χ0n) is 16.2. The molecular formula is C22H19F2N3O3. The fourth-order valence-electron chi connectivity index (χ4n) is 3.22. The summed E-state index contributed by atoms with van der Waals surface area (Å²) in [7, 11) is 0. The average Bonchev–Trinajstić information content (AvgIpc) is 2.74. The molecule has 0 unspecified atom stereocenters. The van der Waals surface area contributed by atoms with Crippen molar-refractivity contribution >= 4 is 23.1 Å². The molecule has 0 aliphatic carbocycles. The summed E-state index contributed by atoms with van der Waals surface area (Å²) in [5.41, 5.74) is 1.53. The van der Waals surface area contributed by atoms with E-state index in [4.69, 9.17) is 4.74 Å². The fraction of sp³-hybridized carbons (Fsp3) is 0.227. The maximum atomic E-state index is 13.8. The van der Waals surface area contributed by atoms with Gasteiger partial charge in [-0.3, -0.25) is 4.79 Å². The van der Waals surface area contributed by atoms with Crippen molar-refractivity contribution in [2.75, 3.05) is 25.0 Å². The van der Waals surface area contributed by atoms with Crippen molar-refractivity contribution in [1.29, 1.82) is 5.26 Å². The molecule has 2 aromatic rings. The fourth-order valence-corrected chi connectivity index (χ4v) is 3.22. The highest BCUT2D eigenvalue weighted by atomic mass is 19.1. The number of benzene rings is 2. The molecule has 30 heavy (non-hydrogen) atoms. The monoisotopic (exact) mass is 411 g/mol. The predicted octanol–water partition coefficient (Wildman–Crippen LogP) is 3.72. The molecule has 1 aliphatic heterocycles. The van der Waals surface area contributed by atoms with Crippen molar-refractivity contribution in [1.82, 2.24) is 4.90 Å². The Balaban J connectivity index is 1.85. The number of esters is 1. The van der Waals surface area contributed by atoms with Gasteiger partial charge in [-0.1, -0.05) is 18.2 Å². The van der Waals surface area contributed by atoms with Gasteiger partial charge < -0.3 is 15.0 Å². The van der Waals surface area contributed by atoms with Gasteiger partial charge in [-0.05, 0) is 48.7 Å². The molecule has 0 fully saturated rings. The lowest BCUT2D eigenvalue weighted by Gasteiger charge is -2.26. The van der Waals surface area contributed by atoms with E-state index < -0.39 is 29.1 Å². The minimum absolute atomic E-state index is 0.245. The van der Waals surface area contributed by atoms with Crippen molar-refractivity contribution in [2.24, 2.45) is 0 Å². The topological polar surface area (TPSA) is 82.4 Å². The standard InChI is InChI=1S/C22H19F2N3O3/c1-2-30-22(29)16-10-11-27(13-25)12-17(16)14-6-8-15(9-7-14)26-21(28)20-18(23)4-3-5-19(20)24/h3-9H,2,10-12H2,1H3,(H,26,28). The minimum atomic E-state index is -0.952. The third kappa shape index (κ3) is 4.46. The van der Waals surface area contributed by atoms with E-state index in [-0.39, 0.29) is 13.2 Å². The molecule has 3 rings (SSSR count). The number of nitrogens with one attached hydrogen (secondary N) is 1. The van der Waals surface area contributed by atoms with Crippen LogP contribution in [-0.4, -0.2) is 36.5 Å². The van der Waals surface area contributed by atoms with Crippen LogP contribution in [0.4, 0.5) is 14.5 Å². The van der Waals surface area contributed by atoms with Crippen LogP contribution in [0.1, 0.15) is 29.3 Å². The number of anilines is 1. The maximum absolute atomic E-state index is 13.8. The first-order valence-electron chi connectivity index (χ1n) is 9.34. The average molecular weight is 411 g/mol. The largest absolute Gasteiger partial charge is 0.463 e. The van der Waals surface area contributed by atoms with Crippen molar-refractivity contribution < 1.29 is 23.1 Å². The van der Waals surface area contributed by atoms with E-state index in [0.717, 1.165) is 12.1 Å². The molecule has 0 saturated carbocycles. The second kappa shape index (κ2) is 9.18. The highest BCUT2D eigenvalue weighted by molar-refractivity contribution is 6.05. The zero-order valence-corrected chi connectivity index (χ0v) is 16.2. The van der Waals surface area contributed by atoms with Crippen LogP contribution >= 0.6 is 0 Å². The Labute approximate surface area is 172 Å². The maximum Gasteiger partial charge on any atom is 0.334 e. The van der Waals surface area contributed by atoms with E-state index in [1.165, 1.54) is 11.0 Å². The third-order valence-electron chi connectivity index (χ3n) is 4.69. The van der Waals surface area contributed by atoms with Crippen LogP contribution in [0.15, 0.2) is 48.0 Å². The quantitative estimate of drug-likeness (QED) is 0.599. The van der Waals surface area contributed by atoms with Crippen LogP contribution < -0.4 is 5.32 Å². The van der Waals surface area contributed by atoms with Gasteiger partial charge in [-0.25, -0.2) is 13.6 Å². The van der Waals surface area contributed by atoms with Gasteiger partial charge >= 0.3 is 5.97 Å². The predicted molar refractivity (Wildman–Crippen MR) is 106 cm³/mol. The summed E-state index contributed by atoms with van der Waals surface area (Å²) >= 11 is 0. The zero-order chi connectivity index (χ0) is 21.7. The highest BCUT2D eigenvalue weighted by Crippen LogP contribution is 2.28. The molecule has 0 saturated heterocycles. The first-order valence-corrected chi connectivity index (χ1v) is 9.34. The number of rotatable bonds is 5. The lowest BCUT2D eigenvalue weighted by atomic mass is 9.94. The van der Waals surface area contributed by atoms with Crippen molar-refractivity contribution in [2.45, 2.75) is 13.3 Å². The van der Waals surface area contributed by atoms with Crippen LogP contribution in [0.25, 0.3) is 5.57 Å². The molecule has 154 valence electrons. The summed E-state index contributed by atoms with van der Waals surface area (Å²) in [6, 6.07) is 9.66. The van der Waals surface area contributed by atoms with Crippen LogP contribution in [0.3, 0.4) is 0 Å². The normalized spacial score (nSPS) is 13.6. The van der Waals surface area contributed by atoms with Gasteiger partial charge in [-0.15, -0.1) is 0 Å². The second-order valence-electron chi connectivity index (χ2n) is 6.58. The Morgan fingerprint density at radius 3 is 2.43 bits per heavy atom. The molecular weight excluding hydrogens is 392 g/mol. The molecule has 1 aliphatic rings. The van der Waals surface area contributed by atoms with Gasteiger partial charge in [0.1, 0.15) is 17.2 Å². The number of hydrogen-bond donors (Lipinski definition) is 1. The Morgan fingerprint density at radius 1 is 1.17 bits per heavy atom. The lowest BCUT2D eigenvalue weighted by molar-refractivity contribution is -0.138. The molecule has 2 aromatic carbocycles. The lowest BCUT2D eigenvalue weighted by Crippen LogP contribution is -2.29. The SMILES string of the molecule is CCOC(=O)C1=C(c2ccc(NC(=O)c3c(F)cccc3F)cc2)CN(C#N)CC1. The first kappa shape index (κ1) is 21.0. The molecule has 0 aromatic heterocycles. The molecule has 0 bridgehead atoms. The van der Waals surface area contributed by atoms with Gasteiger partial charge in [-0.2, -0.15) is 5.26 Å². The minimum Gasteiger partial charge on any atom is -0.463 e. The van der Waals surface area contributed by atoms with E-state index in [2.05, 4.69) is 11.5 Å². The first-order chi connectivity index (χ1) is 14.4. The highest BCUT2D eigenvalue weighted by Gasteiger charge is 2.25. The number of halogens is 2. The third-order valence-corrected chi connectivity index (χ3v) is 4.69. The van der Waals surface area contributed by atoms with Gasteiger partial charge in [0, 0.05) is 17.8 Å². The molecule has 0 atom stereocenters. The van der Waals surface area contributed by atoms with Gasteiger partial charge in [0.15, 0.2) is 6.19 Å². The Bertz CT molecular complexity index is 1020. The number of carbonyl (C=O) groups is 2. The Kier molecular flexibility index (Phi) is 6.42. The molecule has 8 heteroatoms. The molecule has 1 amide bonds. The van der Waals surface area contributed by atoms with Crippen LogP contribution in [0.2, 0.25) is 0 Å². The van der Waals surface area contributed by atoms with Gasteiger partial charge in [0.25, 0.3) is 5.91 Å². The smallest absolute Gasteiger partial charge is 0.334 e. The van der Waals surface area contributed by atoms with Crippen molar-refractivity contribution in [3.8, 4) is 6.19 Å². The number of carbonyl (C=O) groups excluding carboxylic acids is 2. The van der Waals surface area contributed by atoms with E-state index in [9.17, 15) is 23.6 Å². The molecule has 0 radical (unpaired) electrons. The van der Waals surface area contributed by atoms with E-state index in [0.29, 0.717) is 35.4 Å². The molecule has 1 N–H and O–H groups in total. The summed E-state index contributed by atoms with van der Waals surface area (Å²) in [5.74, 6) is -3.23. The number of hydrogen-bond acceptors (Lipinski definition) is 5. The summed E-state index contributed by atoms with van der Waals surface area (Å²) < 4.78 is 32.7. The molecule has 0 spiro atoms. The summed E-state index contributed by atoms with van der Waals surface area (Å²) in [4.78, 5) is 26.1. The molecule has 6 nitrogen and oxygen atoms in total. The summed E-state index contributed by atoms with van der Waals surface area (Å²) in [6.07, 6.45) is 2.46. The van der Waals surface area contributed by atoms with Crippen LogP contribution in [-0.2, 0) is 9.53 Å². The van der Waals surface area contributed by atoms with E-state index in [1.54, 1.807) is 31.2 Å². The summed E-state index contributed by atoms with van der Waals surface area (Å²) in [5, 5.41) is 11.7.